The van der Waals surface area contributed by atoms with Gasteiger partial charge in [0.2, 0.25) is 5.91 Å². The first-order valence-corrected chi connectivity index (χ1v) is 6.86. The number of aryl methyl sites for hydroxylation is 1. The minimum absolute atomic E-state index is 0.0492. The van der Waals surface area contributed by atoms with Gasteiger partial charge in [0.15, 0.2) is 0 Å². The maximum atomic E-state index is 12.1. The lowest BCUT2D eigenvalue weighted by molar-refractivity contribution is -0.115. The first-order chi connectivity index (χ1) is 10.1. The molecule has 0 radical (unpaired) electrons. The van der Waals surface area contributed by atoms with Crippen LogP contribution in [0.5, 0.6) is 0 Å². The fraction of sp³-hybridized carbons (Fsp3) is 0.176. The molecule has 0 spiro atoms. The van der Waals surface area contributed by atoms with Gasteiger partial charge in [0.25, 0.3) is 5.91 Å². The molecule has 0 atom stereocenters. The zero-order valence-electron chi connectivity index (χ0n) is 12.1. The minimum Gasteiger partial charge on any atom is -0.326 e. The Hall–Kier alpha value is -2.62. The number of amides is 2. The van der Waals surface area contributed by atoms with Crippen LogP contribution in [-0.2, 0) is 4.79 Å². The normalized spacial score (nSPS) is 10.0. The van der Waals surface area contributed by atoms with Crippen molar-refractivity contribution in [1.29, 1.82) is 0 Å². The predicted molar refractivity (Wildman–Crippen MR) is 84.5 cm³/mol. The van der Waals surface area contributed by atoms with Crippen LogP contribution in [0.25, 0.3) is 0 Å². The molecule has 0 unspecified atom stereocenters. The van der Waals surface area contributed by atoms with Crippen molar-refractivity contribution < 1.29 is 9.59 Å². The van der Waals surface area contributed by atoms with E-state index in [1.165, 1.54) is 0 Å². The van der Waals surface area contributed by atoms with E-state index < -0.39 is 0 Å². The molecule has 2 aromatic rings. The number of nitrogens with one attached hydrogen (secondary N) is 2. The molecule has 2 aromatic carbocycles. The summed E-state index contributed by atoms with van der Waals surface area (Å²) in [4.78, 5) is 23.4. The first kappa shape index (κ1) is 14.8. The molecule has 2 N–H and O–H groups in total. The van der Waals surface area contributed by atoms with Crippen molar-refractivity contribution >= 4 is 23.2 Å². The summed E-state index contributed by atoms with van der Waals surface area (Å²) in [5, 5.41) is 5.57. The quantitative estimate of drug-likeness (QED) is 0.900. The summed E-state index contributed by atoms with van der Waals surface area (Å²) >= 11 is 0. The molecule has 4 nitrogen and oxygen atoms in total. The highest BCUT2D eigenvalue weighted by atomic mass is 16.2. The highest BCUT2D eigenvalue weighted by molar-refractivity contribution is 6.04. The van der Waals surface area contributed by atoms with Crippen LogP contribution in [-0.4, -0.2) is 11.8 Å². The summed E-state index contributed by atoms with van der Waals surface area (Å²) in [6, 6.07) is 14.4. The van der Waals surface area contributed by atoms with Crippen LogP contribution in [0.1, 0.15) is 29.3 Å². The van der Waals surface area contributed by atoms with Gasteiger partial charge in [-0.05, 0) is 43.3 Å². The Balaban J connectivity index is 2.02. The first-order valence-electron chi connectivity index (χ1n) is 6.86. The third kappa shape index (κ3) is 4.18. The molecule has 0 bridgehead atoms. The van der Waals surface area contributed by atoms with Gasteiger partial charge in [0, 0.05) is 23.4 Å². The molecule has 0 saturated heterocycles. The van der Waals surface area contributed by atoms with E-state index in [-0.39, 0.29) is 11.8 Å². The number of carbonyl (C=O) groups is 2. The van der Waals surface area contributed by atoms with Crippen molar-refractivity contribution in [2.45, 2.75) is 20.3 Å². The van der Waals surface area contributed by atoms with Gasteiger partial charge >= 0.3 is 0 Å². The molecule has 0 heterocycles. The molecule has 21 heavy (non-hydrogen) atoms. The second-order valence-electron chi connectivity index (χ2n) is 4.80. The number of rotatable bonds is 4. The van der Waals surface area contributed by atoms with Crippen LogP contribution in [0.2, 0.25) is 0 Å². The van der Waals surface area contributed by atoms with Crippen LogP contribution < -0.4 is 10.6 Å². The van der Waals surface area contributed by atoms with Gasteiger partial charge in [0.05, 0.1) is 0 Å². The van der Waals surface area contributed by atoms with Crippen molar-refractivity contribution in [2.24, 2.45) is 0 Å². The Bertz CT molecular complexity index is 631. The van der Waals surface area contributed by atoms with E-state index >= 15 is 0 Å². The van der Waals surface area contributed by atoms with Gasteiger partial charge in [-0.15, -0.1) is 0 Å². The zero-order valence-corrected chi connectivity index (χ0v) is 12.1. The Morgan fingerprint density at radius 1 is 0.857 bits per heavy atom. The monoisotopic (exact) mass is 282 g/mol. The number of hydrogen-bond donors (Lipinski definition) is 2. The summed E-state index contributed by atoms with van der Waals surface area (Å²) in [5.41, 5.74) is 3.14. The molecule has 0 fully saturated rings. The van der Waals surface area contributed by atoms with Gasteiger partial charge in [-0.25, -0.2) is 0 Å². The topological polar surface area (TPSA) is 58.2 Å². The van der Waals surface area contributed by atoms with E-state index in [0.717, 1.165) is 11.3 Å². The molecule has 2 amide bonds. The van der Waals surface area contributed by atoms with Crippen molar-refractivity contribution in [2.75, 3.05) is 10.6 Å². The van der Waals surface area contributed by atoms with Crippen LogP contribution >= 0.6 is 0 Å². The lowest BCUT2D eigenvalue weighted by Gasteiger charge is -2.07. The van der Waals surface area contributed by atoms with E-state index in [2.05, 4.69) is 10.6 Å². The molecular formula is C17H18N2O2. The minimum atomic E-state index is -0.174. The highest BCUT2D eigenvalue weighted by Gasteiger charge is 2.06. The van der Waals surface area contributed by atoms with Crippen LogP contribution in [0.15, 0.2) is 48.5 Å². The SMILES string of the molecule is CCC(=O)Nc1ccc(C(=O)Nc2ccc(C)cc2)cc1. The predicted octanol–water partition coefficient (Wildman–Crippen LogP) is 3.60. The molecule has 2 rings (SSSR count). The summed E-state index contributed by atoms with van der Waals surface area (Å²) < 4.78 is 0. The Kier molecular flexibility index (Phi) is 4.72. The molecule has 0 aromatic heterocycles. The van der Waals surface area contributed by atoms with E-state index in [1.807, 2.05) is 31.2 Å². The van der Waals surface area contributed by atoms with Gasteiger partial charge < -0.3 is 10.6 Å². The molecular weight excluding hydrogens is 264 g/mol. The molecule has 108 valence electrons. The summed E-state index contributed by atoms with van der Waals surface area (Å²) in [6.45, 7) is 3.79. The molecule has 0 aliphatic heterocycles. The summed E-state index contributed by atoms with van der Waals surface area (Å²) in [5.74, 6) is -0.223. The highest BCUT2D eigenvalue weighted by Crippen LogP contribution is 2.13. The van der Waals surface area contributed by atoms with E-state index in [9.17, 15) is 9.59 Å². The smallest absolute Gasteiger partial charge is 0.255 e. The zero-order chi connectivity index (χ0) is 15.2. The number of carbonyl (C=O) groups excluding carboxylic acids is 2. The van der Waals surface area contributed by atoms with Gasteiger partial charge in [0.1, 0.15) is 0 Å². The standard InChI is InChI=1S/C17H18N2O2/c1-3-16(20)18-14-10-6-13(7-11-14)17(21)19-15-8-4-12(2)5-9-15/h4-11H,3H2,1-2H3,(H,18,20)(H,19,21). The van der Waals surface area contributed by atoms with Crippen molar-refractivity contribution in [3.63, 3.8) is 0 Å². The van der Waals surface area contributed by atoms with Gasteiger partial charge in [-0.3, -0.25) is 9.59 Å². The lowest BCUT2D eigenvalue weighted by atomic mass is 10.1. The number of hydrogen-bond acceptors (Lipinski definition) is 2. The third-order valence-corrected chi connectivity index (χ3v) is 3.06. The maximum Gasteiger partial charge on any atom is 0.255 e. The van der Waals surface area contributed by atoms with E-state index in [0.29, 0.717) is 17.7 Å². The molecule has 0 saturated carbocycles. The average Bonchev–Trinajstić information content (AvgIpc) is 2.50. The number of anilines is 2. The summed E-state index contributed by atoms with van der Waals surface area (Å²) in [6.07, 6.45) is 0.426. The number of benzene rings is 2. The Morgan fingerprint density at radius 3 is 1.95 bits per heavy atom. The van der Waals surface area contributed by atoms with E-state index in [4.69, 9.17) is 0 Å². The fourth-order valence-corrected chi connectivity index (χ4v) is 1.79. The maximum absolute atomic E-state index is 12.1. The molecule has 0 aliphatic carbocycles. The average molecular weight is 282 g/mol. The lowest BCUT2D eigenvalue weighted by Crippen LogP contribution is -2.12. The van der Waals surface area contributed by atoms with Crippen molar-refractivity contribution in [3.05, 3.63) is 59.7 Å². The second-order valence-corrected chi connectivity index (χ2v) is 4.80. The van der Waals surface area contributed by atoms with Crippen LogP contribution in [0.3, 0.4) is 0 Å². The van der Waals surface area contributed by atoms with E-state index in [1.54, 1.807) is 31.2 Å². The fourth-order valence-electron chi connectivity index (χ4n) is 1.79. The van der Waals surface area contributed by atoms with Crippen LogP contribution in [0.4, 0.5) is 11.4 Å². The van der Waals surface area contributed by atoms with Crippen LogP contribution in [0, 0.1) is 6.92 Å². The summed E-state index contributed by atoms with van der Waals surface area (Å²) in [7, 11) is 0. The van der Waals surface area contributed by atoms with Crippen molar-refractivity contribution in [3.8, 4) is 0 Å². The Morgan fingerprint density at radius 2 is 1.38 bits per heavy atom. The largest absolute Gasteiger partial charge is 0.326 e. The second kappa shape index (κ2) is 6.70. The Labute approximate surface area is 124 Å². The van der Waals surface area contributed by atoms with Gasteiger partial charge in [-0.1, -0.05) is 24.6 Å². The molecule has 0 aliphatic rings. The molecule has 4 heteroatoms. The third-order valence-electron chi connectivity index (χ3n) is 3.06. The van der Waals surface area contributed by atoms with Gasteiger partial charge in [-0.2, -0.15) is 0 Å². The van der Waals surface area contributed by atoms with Crippen molar-refractivity contribution in [1.82, 2.24) is 0 Å².